The van der Waals surface area contributed by atoms with E-state index in [0.29, 0.717) is 23.7 Å². The van der Waals surface area contributed by atoms with E-state index in [0.717, 1.165) is 18.3 Å². The Labute approximate surface area is 128 Å². The van der Waals surface area contributed by atoms with Crippen molar-refractivity contribution in [2.75, 3.05) is 0 Å². The van der Waals surface area contributed by atoms with Gasteiger partial charge in [-0.3, -0.25) is 4.79 Å². The van der Waals surface area contributed by atoms with E-state index in [-0.39, 0.29) is 11.2 Å². The summed E-state index contributed by atoms with van der Waals surface area (Å²) in [6.45, 7) is 4.69. The van der Waals surface area contributed by atoms with Crippen LogP contribution in [0.5, 0.6) is 0 Å². The highest BCUT2D eigenvalue weighted by Gasteiger charge is 2.61. The fraction of sp³-hybridized carbons (Fsp3) is 0.842. The Balaban J connectivity index is 1.68. The fourth-order valence-corrected chi connectivity index (χ4v) is 6.61. The largest absolute Gasteiger partial charge is 0.385 e. The summed E-state index contributed by atoms with van der Waals surface area (Å²) in [5.41, 5.74) is 0.307. The van der Waals surface area contributed by atoms with Gasteiger partial charge in [-0.05, 0) is 67.6 Å². The number of carbonyl (C=O) groups is 1. The summed E-state index contributed by atoms with van der Waals surface area (Å²) in [7, 11) is 0. The van der Waals surface area contributed by atoms with Crippen LogP contribution in [0.4, 0.5) is 0 Å². The third-order valence-corrected chi connectivity index (χ3v) is 8.00. The maximum atomic E-state index is 12.1. The quantitative estimate of drug-likeness (QED) is 0.690. The zero-order valence-corrected chi connectivity index (χ0v) is 13.3. The summed E-state index contributed by atoms with van der Waals surface area (Å²) in [6, 6.07) is 0. The van der Waals surface area contributed by atoms with Crippen molar-refractivity contribution in [3.05, 3.63) is 12.2 Å². The molecule has 116 valence electrons. The van der Waals surface area contributed by atoms with Gasteiger partial charge in [0.1, 0.15) is 6.10 Å². The molecule has 0 unspecified atom stereocenters. The van der Waals surface area contributed by atoms with E-state index in [1.54, 1.807) is 0 Å². The predicted molar refractivity (Wildman–Crippen MR) is 82.6 cm³/mol. The second-order valence-corrected chi connectivity index (χ2v) is 8.69. The molecule has 3 saturated carbocycles. The van der Waals surface area contributed by atoms with Gasteiger partial charge in [0.15, 0.2) is 5.78 Å². The van der Waals surface area contributed by atoms with Crippen molar-refractivity contribution in [3.63, 3.8) is 0 Å². The van der Waals surface area contributed by atoms with E-state index >= 15 is 0 Å². The van der Waals surface area contributed by atoms with Crippen LogP contribution in [0.3, 0.4) is 0 Å². The highest BCUT2D eigenvalue weighted by atomic mass is 16.3. The second kappa shape index (κ2) is 4.44. The van der Waals surface area contributed by atoms with Gasteiger partial charge >= 0.3 is 0 Å². The minimum Gasteiger partial charge on any atom is -0.385 e. The number of allylic oxidation sites excluding steroid dienone is 2. The van der Waals surface area contributed by atoms with Gasteiger partial charge < -0.3 is 5.11 Å². The van der Waals surface area contributed by atoms with Gasteiger partial charge in [-0.2, -0.15) is 0 Å². The van der Waals surface area contributed by atoms with Crippen molar-refractivity contribution in [1.29, 1.82) is 0 Å². The smallest absolute Gasteiger partial charge is 0.162 e. The molecule has 0 aromatic carbocycles. The van der Waals surface area contributed by atoms with E-state index in [4.69, 9.17) is 0 Å². The van der Waals surface area contributed by atoms with Crippen LogP contribution in [0.1, 0.15) is 58.8 Å². The molecule has 2 nitrogen and oxygen atoms in total. The molecule has 2 heteroatoms. The Morgan fingerprint density at radius 1 is 1.10 bits per heavy atom. The number of Topliss-reactive ketones (excluding diaryl/α,β-unsaturated/α-hetero) is 1. The van der Waals surface area contributed by atoms with Crippen molar-refractivity contribution in [3.8, 4) is 0 Å². The van der Waals surface area contributed by atoms with E-state index < -0.39 is 6.10 Å². The van der Waals surface area contributed by atoms with Crippen molar-refractivity contribution < 1.29 is 9.90 Å². The first kappa shape index (κ1) is 14.0. The summed E-state index contributed by atoms with van der Waals surface area (Å²) < 4.78 is 0. The average Bonchev–Trinajstić information content (AvgIpc) is 2.70. The van der Waals surface area contributed by atoms with Crippen LogP contribution < -0.4 is 0 Å². The van der Waals surface area contributed by atoms with Gasteiger partial charge in [-0.15, -0.1) is 0 Å². The Morgan fingerprint density at radius 3 is 2.71 bits per heavy atom. The Kier molecular flexibility index (Phi) is 2.96. The number of fused-ring (bicyclic) bond motifs is 5. The topological polar surface area (TPSA) is 37.3 Å². The molecular formula is C19H28O2. The van der Waals surface area contributed by atoms with Crippen LogP contribution in [0.15, 0.2) is 12.2 Å². The lowest BCUT2D eigenvalue weighted by atomic mass is 9.46. The molecule has 0 saturated heterocycles. The number of rotatable bonds is 0. The van der Waals surface area contributed by atoms with E-state index in [1.807, 2.05) is 0 Å². The molecule has 4 aliphatic carbocycles. The molecule has 4 rings (SSSR count). The summed E-state index contributed by atoms with van der Waals surface area (Å²) in [4.78, 5) is 12.1. The average molecular weight is 288 g/mol. The first-order valence-corrected chi connectivity index (χ1v) is 8.82. The summed E-state index contributed by atoms with van der Waals surface area (Å²) >= 11 is 0. The number of carbonyl (C=O) groups excluding carboxylic acids is 1. The Bertz CT molecular complexity index is 496. The Morgan fingerprint density at radius 2 is 1.90 bits per heavy atom. The molecule has 21 heavy (non-hydrogen) atoms. The number of aliphatic hydroxyl groups excluding tert-OH is 1. The molecule has 0 aromatic rings. The summed E-state index contributed by atoms with van der Waals surface area (Å²) in [5, 5.41) is 10.4. The van der Waals surface area contributed by atoms with Crippen LogP contribution in [0.2, 0.25) is 0 Å². The second-order valence-electron chi connectivity index (χ2n) is 8.69. The molecule has 0 heterocycles. The molecule has 0 spiro atoms. The number of hydrogen-bond acceptors (Lipinski definition) is 2. The Hall–Kier alpha value is -0.630. The van der Waals surface area contributed by atoms with Gasteiger partial charge in [0, 0.05) is 11.8 Å². The normalized spacial score (nSPS) is 55.8. The zero-order chi connectivity index (χ0) is 14.8. The molecular weight excluding hydrogens is 260 g/mol. The molecule has 3 fully saturated rings. The van der Waals surface area contributed by atoms with Crippen LogP contribution in [0.25, 0.3) is 0 Å². The van der Waals surface area contributed by atoms with E-state index in [2.05, 4.69) is 26.0 Å². The molecule has 1 N–H and O–H groups in total. The van der Waals surface area contributed by atoms with Crippen LogP contribution in [0, 0.1) is 34.5 Å². The monoisotopic (exact) mass is 288 g/mol. The lowest BCUT2D eigenvalue weighted by molar-refractivity contribution is -0.130. The summed E-state index contributed by atoms with van der Waals surface area (Å²) in [6.07, 6.45) is 12.0. The lowest BCUT2D eigenvalue weighted by Gasteiger charge is -2.59. The molecule has 4 aliphatic rings. The van der Waals surface area contributed by atoms with Crippen LogP contribution in [-0.4, -0.2) is 17.0 Å². The van der Waals surface area contributed by atoms with Crippen LogP contribution >= 0.6 is 0 Å². The van der Waals surface area contributed by atoms with E-state index in [1.165, 1.54) is 32.1 Å². The fourth-order valence-electron chi connectivity index (χ4n) is 6.61. The molecule has 0 bridgehead atoms. The molecule has 0 aromatic heterocycles. The zero-order valence-electron chi connectivity index (χ0n) is 13.3. The number of hydrogen-bond donors (Lipinski definition) is 1. The molecule has 0 amide bonds. The van der Waals surface area contributed by atoms with Crippen molar-refractivity contribution in [1.82, 2.24) is 0 Å². The third kappa shape index (κ3) is 1.72. The summed E-state index contributed by atoms with van der Waals surface area (Å²) in [5.74, 6) is 2.81. The SMILES string of the molecule is C[C@]12CC=CC[C@H]1CC[C@@H]1[C@@H]2CC[C@]2(C)[C@@H](O)C(=O)C[C@@H]12. The van der Waals surface area contributed by atoms with Crippen molar-refractivity contribution in [2.45, 2.75) is 64.9 Å². The minimum atomic E-state index is -0.694. The van der Waals surface area contributed by atoms with Crippen LogP contribution in [-0.2, 0) is 4.79 Å². The number of aliphatic hydroxyl groups is 1. The van der Waals surface area contributed by atoms with Gasteiger partial charge in [0.05, 0.1) is 0 Å². The van der Waals surface area contributed by atoms with Gasteiger partial charge in [-0.1, -0.05) is 26.0 Å². The van der Waals surface area contributed by atoms with Gasteiger partial charge in [0.2, 0.25) is 0 Å². The first-order chi connectivity index (χ1) is 9.97. The van der Waals surface area contributed by atoms with Crippen molar-refractivity contribution >= 4 is 5.78 Å². The van der Waals surface area contributed by atoms with Crippen molar-refractivity contribution in [2.24, 2.45) is 34.5 Å². The highest BCUT2D eigenvalue weighted by Crippen LogP contribution is 2.65. The van der Waals surface area contributed by atoms with E-state index in [9.17, 15) is 9.90 Å². The minimum absolute atomic E-state index is 0.110. The number of ketones is 1. The molecule has 0 radical (unpaired) electrons. The maximum absolute atomic E-state index is 12.1. The molecule has 7 atom stereocenters. The maximum Gasteiger partial charge on any atom is 0.162 e. The highest BCUT2D eigenvalue weighted by molar-refractivity contribution is 5.86. The third-order valence-electron chi connectivity index (χ3n) is 8.00. The predicted octanol–water partition coefficient (Wildman–Crippen LogP) is 3.74. The standard InChI is InChI=1S/C19H28O2/c1-18-9-4-3-5-12(18)6-7-13-14(18)8-10-19(2)15(13)11-16(20)17(19)21/h3-4,12-15,17,21H,5-11H2,1-2H3/t12-,13+,14-,15-,17-,18-,19-/m0/s1. The van der Waals surface area contributed by atoms with Gasteiger partial charge in [0.25, 0.3) is 0 Å². The molecule has 0 aliphatic heterocycles. The van der Waals surface area contributed by atoms with Gasteiger partial charge in [-0.25, -0.2) is 0 Å². The lowest BCUT2D eigenvalue weighted by Crippen LogP contribution is -2.52. The first-order valence-electron chi connectivity index (χ1n) is 8.82.